The number of benzene rings is 3. The van der Waals surface area contributed by atoms with Gasteiger partial charge >= 0.3 is 6.18 Å². The normalized spacial score (nSPS) is 11.0. The van der Waals surface area contributed by atoms with E-state index in [2.05, 4.69) is 10.6 Å². The minimum absolute atomic E-state index is 0.135. The Morgan fingerprint density at radius 1 is 0.871 bits per heavy atom. The molecule has 31 heavy (non-hydrogen) atoms. The van der Waals surface area contributed by atoms with Gasteiger partial charge in [-0.05, 0) is 61.0 Å². The van der Waals surface area contributed by atoms with Crippen LogP contribution in [0.4, 0.5) is 24.5 Å². The van der Waals surface area contributed by atoms with Crippen LogP contribution in [-0.2, 0) is 11.0 Å². The Kier molecular flexibility index (Phi) is 6.59. The van der Waals surface area contributed by atoms with Gasteiger partial charge in [0.2, 0.25) is 0 Å². The van der Waals surface area contributed by atoms with Crippen molar-refractivity contribution in [3.63, 3.8) is 0 Å². The Labute approximate surface area is 176 Å². The number of para-hydroxylation sites is 1. The third-order valence-corrected chi connectivity index (χ3v) is 4.44. The van der Waals surface area contributed by atoms with Crippen molar-refractivity contribution in [1.82, 2.24) is 0 Å². The van der Waals surface area contributed by atoms with E-state index in [9.17, 15) is 22.8 Å². The summed E-state index contributed by atoms with van der Waals surface area (Å²) in [6, 6.07) is 17.9. The molecule has 0 bridgehead atoms. The number of rotatable bonds is 6. The number of hydrogen-bond donors (Lipinski definition) is 2. The quantitative estimate of drug-likeness (QED) is 0.561. The smallest absolute Gasteiger partial charge is 0.416 e. The fourth-order valence-electron chi connectivity index (χ4n) is 2.81. The molecule has 2 N–H and O–H groups in total. The largest absolute Gasteiger partial charge is 0.484 e. The molecule has 2 amide bonds. The summed E-state index contributed by atoms with van der Waals surface area (Å²) < 4.78 is 43.0. The lowest BCUT2D eigenvalue weighted by Gasteiger charge is -2.13. The monoisotopic (exact) mass is 428 g/mol. The maximum absolute atomic E-state index is 12.6. The fourth-order valence-corrected chi connectivity index (χ4v) is 2.81. The van der Waals surface area contributed by atoms with Gasteiger partial charge in [-0.3, -0.25) is 9.59 Å². The van der Waals surface area contributed by atoms with Crippen molar-refractivity contribution in [2.75, 3.05) is 17.2 Å². The molecule has 0 saturated heterocycles. The predicted molar refractivity (Wildman–Crippen MR) is 111 cm³/mol. The number of carbonyl (C=O) groups is 2. The zero-order chi connectivity index (χ0) is 22.4. The Bertz CT molecular complexity index is 1070. The molecule has 3 aromatic rings. The van der Waals surface area contributed by atoms with Gasteiger partial charge in [-0.25, -0.2) is 0 Å². The van der Waals surface area contributed by atoms with Gasteiger partial charge in [0.1, 0.15) is 5.75 Å². The summed E-state index contributed by atoms with van der Waals surface area (Å²) in [6.07, 6.45) is -4.44. The Balaban J connectivity index is 1.61. The molecule has 0 aliphatic heterocycles. The number of nitrogens with one attached hydrogen (secondary N) is 2. The predicted octanol–water partition coefficient (Wildman–Crippen LogP) is 5.28. The van der Waals surface area contributed by atoms with Crippen molar-refractivity contribution in [3.8, 4) is 5.75 Å². The molecule has 0 aromatic heterocycles. The van der Waals surface area contributed by atoms with Gasteiger partial charge in [-0.15, -0.1) is 0 Å². The lowest BCUT2D eigenvalue weighted by atomic mass is 10.1. The minimum Gasteiger partial charge on any atom is -0.484 e. The molecule has 0 spiro atoms. The first-order valence-corrected chi connectivity index (χ1v) is 9.30. The van der Waals surface area contributed by atoms with Gasteiger partial charge in [0.25, 0.3) is 11.8 Å². The van der Waals surface area contributed by atoms with E-state index in [1.165, 1.54) is 0 Å². The maximum Gasteiger partial charge on any atom is 0.416 e. The summed E-state index contributed by atoms with van der Waals surface area (Å²) in [7, 11) is 0. The Morgan fingerprint density at radius 3 is 2.19 bits per heavy atom. The molecule has 0 aliphatic carbocycles. The van der Waals surface area contributed by atoms with E-state index in [0.29, 0.717) is 22.5 Å². The first kappa shape index (κ1) is 21.9. The summed E-state index contributed by atoms with van der Waals surface area (Å²) in [4.78, 5) is 24.8. The molecule has 8 heteroatoms. The van der Waals surface area contributed by atoms with Gasteiger partial charge < -0.3 is 15.4 Å². The molecule has 0 fully saturated rings. The van der Waals surface area contributed by atoms with Crippen molar-refractivity contribution in [2.24, 2.45) is 0 Å². The molecular formula is C23H19F3N2O3. The van der Waals surface area contributed by atoms with Gasteiger partial charge in [0, 0.05) is 16.9 Å². The lowest BCUT2D eigenvalue weighted by molar-refractivity contribution is -0.137. The SMILES string of the molecule is Cc1c(NC(=O)COc2ccc(C(F)(F)F)cc2)cccc1C(=O)Nc1ccccc1. The average molecular weight is 428 g/mol. The molecular weight excluding hydrogens is 409 g/mol. The van der Waals surface area contributed by atoms with Crippen LogP contribution in [0.1, 0.15) is 21.5 Å². The number of amides is 2. The molecule has 3 aromatic carbocycles. The number of anilines is 2. The van der Waals surface area contributed by atoms with Crippen LogP contribution >= 0.6 is 0 Å². The van der Waals surface area contributed by atoms with Crippen LogP contribution in [0.2, 0.25) is 0 Å². The van der Waals surface area contributed by atoms with Crippen LogP contribution in [0, 0.1) is 6.92 Å². The standard InChI is InChI=1S/C23H19F3N2O3/c1-15-19(22(30)27-17-6-3-2-4-7-17)8-5-9-20(15)28-21(29)14-31-18-12-10-16(11-13-18)23(24,25)26/h2-13H,14H2,1H3,(H,27,30)(H,28,29). The second-order valence-electron chi connectivity index (χ2n) is 6.66. The van der Waals surface area contributed by atoms with E-state index in [-0.39, 0.29) is 11.7 Å². The van der Waals surface area contributed by atoms with Gasteiger partial charge in [0.05, 0.1) is 5.56 Å². The van der Waals surface area contributed by atoms with Crippen molar-refractivity contribution < 1.29 is 27.5 Å². The molecule has 0 aliphatic rings. The highest BCUT2D eigenvalue weighted by Crippen LogP contribution is 2.30. The maximum atomic E-state index is 12.6. The fraction of sp³-hybridized carbons (Fsp3) is 0.130. The van der Waals surface area contributed by atoms with Gasteiger partial charge in [-0.1, -0.05) is 24.3 Å². The van der Waals surface area contributed by atoms with Crippen LogP contribution in [0.5, 0.6) is 5.75 Å². The number of alkyl halides is 3. The molecule has 0 unspecified atom stereocenters. The van der Waals surface area contributed by atoms with E-state index >= 15 is 0 Å². The molecule has 0 atom stereocenters. The van der Waals surface area contributed by atoms with Gasteiger partial charge in [0.15, 0.2) is 6.61 Å². The topological polar surface area (TPSA) is 67.4 Å². The summed E-state index contributed by atoms with van der Waals surface area (Å²) in [6.45, 7) is 1.30. The molecule has 5 nitrogen and oxygen atoms in total. The highest BCUT2D eigenvalue weighted by Gasteiger charge is 2.30. The summed E-state index contributed by atoms with van der Waals surface area (Å²) in [5.74, 6) is -0.694. The van der Waals surface area contributed by atoms with E-state index in [1.807, 2.05) is 6.07 Å². The summed E-state index contributed by atoms with van der Waals surface area (Å²) in [5.41, 5.74) is 1.24. The number of halogens is 3. The van der Waals surface area contributed by atoms with E-state index in [1.54, 1.807) is 49.4 Å². The lowest BCUT2D eigenvalue weighted by Crippen LogP contribution is -2.21. The summed E-state index contributed by atoms with van der Waals surface area (Å²) in [5, 5.41) is 5.44. The number of hydrogen-bond acceptors (Lipinski definition) is 3. The zero-order valence-corrected chi connectivity index (χ0v) is 16.5. The van der Waals surface area contributed by atoms with Crippen LogP contribution in [0.3, 0.4) is 0 Å². The van der Waals surface area contributed by atoms with E-state index in [4.69, 9.17) is 4.74 Å². The highest BCUT2D eigenvalue weighted by atomic mass is 19.4. The first-order chi connectivity index (χ1) is 14.7. The van der Waals surface area contributed by atoms with Crippen LogP contribution in [0.15, 0.2) is 72.8 Å². The summed E-state index contributed by atoms with van der Waals surface area (Å²) >= 11 is 0. The van der Waals surface area contributed by atoms with Crippen LogP contribution in [-0.4, -0.2) is 18.4 Å². The van der Waals surface area contributed by atoms with Crippen LogP contribution < -0.4 is 15.4 Å². The number of ether oxygens (including phenoxy) is 1. The van der Waals surface area contributed by atoms with Crippen molar-refractivity contribution in [1.29, 1.82) is 0 Å². The molecule has 160 valence electrons. The average Bonchev–Trinajstić information content (AvgIpc) is 2.74. The minimum atomic E-state index is -4.44. The number of carbonyl (C=O) groups excluding carboxylic acids is 2. The van der Waals surface area contributed by atoms with Crippen molar-refractivity contribution in [3.05, 3.63) is 89.5 Å². The van der Waals surface area contributed by atoms with Crippen molar-refractivity contribution in [2.45, 2.75) is 13.1 Å². The highest BCUT2D eigenvalue weighted by molar-refractivity contribution is 6.06. The van der Waals surface area contributed by atoms with E-state index in [0.717, 1.165) is 24.3 Å². The molecule has 3 rings (SSSR count). The molecule has 0 heterocycles. The Morgan fingerprint density at radius 2 is 1.55 bits per heavy atom. The second kappa shape index (κ2) is 9.34. The third kappa shape index (κ3) is 5.85. The molecule has 0 radical (unpaired) electrons. The van der Waals surface area contributed by atoms with E-state index < -0.39 is 24.3 Å². The molecule has 0 saturated carbocycles. The second-order valence-corrected chi connectivity index (χ2v) is 6.66. The van der Waals surface area contributed by atoms with Crippen molar-refractivity contribution >= 4 is 23.2 Å². The first-order valence-electron chi connectivity index (χ1n) is 9.30. The zero-order valence-electron chi connectivity index (χ0n) is 16.5. The van der Waals surface area contributed by atoms with Crippen LogP contribution in [0.25, 0.3) is 0 Å². The Hall–Kier alpha value is -3.81. The third-order valence-electron chi connectivity index (χ3n) is 4.44. The van der Waals surface area contributed by atoms with Gasteiger partial charge in [-0.2, -0.15) is 13.2 Å².